The molecular weight excluding hydrogens is 338 g/mol. The first-order valence-electron chi connectivity index (χ1n) is 8.16. The van der Waals surface area contributed by atoms with E-state index in [0.29, 0.717) is 28.1 Å². The quantitative estimate of drug-likeness (QED) is 0.728. The standard InChI is InChI=1S/C19H20ClN3O2/c1-12(2)13(3)21-19(24)17-11-16(18-5-4-10-25-18)22-23(17)15-8-6-14(20)7-9-15/h4-13H,1-3H3,(H,21,24)/t13-/m0/s1. The van der Waals surface area contributed by atoms with Crippen molar-refractivity contribution in [3.8, 4) is 17.1 Å². The van der Waals surface area contributed by atoms with Gasteiger partial charge in [0.25, 0.3) is 5.91 Å². The second-order valence-electron chi connectivity index (χ2n) is 6.29. The third-order valence-corrected chi connectivity index (χ3v) is 4.40. The molecule has 1 amide bonds. The summed E-state index contributed by atoms with van der Waals surface area (Å²) in [7, 11) is 0. The predicted molar refractivity (Wildman–Crippen MR) is 98.0 cm³/mol. The Morgan fingerprint density at radius 1 is 1.20 bits per heavy atom. The largest absolute Gasteiger partial charge is 0.463 e. The molecule has 6 heteroatoms. The van der Waals surface area contributed by atoms with E-state index in [0.717, 1.165) is 5.69 Å². The molecule has 0 saturated carbocycles. The van der Waals surface area contributed by atoms with Crippen molar-refractivity contribution < 1.29 is 9.21 Å². The summed E-state index contributed by atoms with van der Waals surface area (Å²) in [6.07, 6.45) is 1.58. The first kappa shape index (κ1) is 17.3. The van der Waals surface area contributed by atoms with Crippen LogP contribution >= 0.6 is 11.6 Å². The van der Waals surface area contributed by atoms with Crippen LogP contribution in [0.2, 0.25) is 5.02 Å². The molecule has 0 aliphatic carbocycles. The molecule has 2 aromatic heterocycles. The minimum atomic E-state index is -0.179. The van der Waals surface area contributed by atoms with Crippen molar-refractivity contribution in [2.75, 3.05) is 0 Å². The highest BCUT2D eigenvalue weighted by molar-refractivity contribution is 6.30. The van der Waals surface area contributed by atoms with Gasteiger partial charge in [-0.25, -0.2) is 4.68 Å². The van der Waals surface area contributed by atoms with Crippen molar-refractivity contribution in [3.63, 3.8) is 0 Å². The van der Waals surface area contributed by atoms with Crippen molar-refractivity contribution in [2.24, 2.45) is 5.92 Å². The van der Waals surface area contributed by atoms with Gasteiger partial charge in [-0.1, -0.05) is 25.4 Å². The van der Waals surface area contributed by atoms with E-state index < -0.39 is 0 Å². The van der Waals surface area contributed by atoms with Crippen LogP contribution in [0.25, 0.3) is 17.1 Å². The van der Waals surface area contributed by atoms with E-state index in [4.69, 9.17) is 16.0 Å². The van der Waals surface area contributed by atoms with E-state index in [1.54, 1.807) is 35.2 Å². The fourth-order valence-electron chi connectivity index (χ4n) is 2.31. The molecule has 1 N–H and O–H groups in total. The maximum Gasteiger partial charge on any atom is 0.270 e. The van der Waals surface area contributed by atoms with E-state index in [-0.39, 0.29) is 11.9 Å². The monoisotopic (exact) mass is 357 g/mol. The van der Waals surface area contributed by atoms with Crippen molar-refractivity contribution >= 4 is 17.5 Å². The van der Waals surface area contributed by atoms with Gasteiger partial charge in [-0.3, -0.25) is 4.79 Å². The molecule has 0 fully saturated rings. The molecule has 0 radical (unpaired) electrons. The van der Waals surface area contributed by atoms with E-state index >= 15 is 0 Å². The second kappa shape index (κ2) is 7.15. The predicted octanol–water partition coefficient (Wildman–Crippen LogP) is 4.56. The highest BCUT2D eigenvalue weighted by Gasteiger charge is 2.20. The van der Waals surface area contributed by atoms with E-state index in [1.807, 2.05) is 25.1 Å². The minimum absolute atomic E-state index is 0.0492. The van der Waals surface area contributed by atoms with Crippen LogP contribution in [0.3, 0.4) is 0 Å². The van der Waals surface area contributed by atoms with Crippen LogP contribution in [0.4, 0.5) is 0 Å². The van der Waals surface area contributed by atoms with Crippen LogP contribution < -0.4 is 5.32 Å². The van der Waals surface area contributed by atoms with Gasteiger partial charge in [0.05, 0.1) is 12.0 Å². The Kier molecular flexibility index (Phi) is 4.95. The Balaban J connectivity index is 2.02. The van der Waals surface area contributed by atoms with Gasteiger partial charge in [-0.2, -0.15) is 5.10 Å². The summed E-state index contributed by atoms with van der Waals surface area (Å²) in [5.74, 6) is 0.764. The molecule has 25 heavy (non-hydrogen) atoms. The Bertz CT molecular complexity index is 851. The van der Waals surface area contributed by atoms with Gasteiger partial charge in [-0.05, 0) is 49.2 Å². The molecular formula is C19H20ClN3O2. The maximum atomic E-state index is 12.8. The van der Waals surface area contributed by atoms with Gasteiger partial charge in [-0.15, -0.1) is 0 Å². The number of amides is 1. The molecule has 0 aliphatic heterocycles. The molecule has 130 valence electrons. The molecule has 2 heterocycles. The zero-order valence-corrected chi connectivity index (χ0v) is 15.1. The Hall–Kier alpha value is -2.53. The van der Waals surface area contributed by atoms with Crippen molar-refractivity contribution in [2.45, 2.75) is 26.8 Å². The Morgan fingerprint density at radius 2 is 1.92 bits per heavy atom. The number of nitrogens with zero attached hydrogens (tertiary/aromatic N) is 2. The molecule has 0 aliphatic rings. The molecule has 3 aromatic rings. The number of furan rings is 1. The first-order valence-corrected chi connectivity index (χ1v) is 8.54. The third kappa shape index (κ3) is 3.77. The molecule has 1 aromatic carbocycles. The molecule has 5 nitrogen and oxygen atoms in total. The highest BCUT2D eigenvalue weighted by Crippen LogP contribution is 2.23. The normalized spacial score (nSPS) is 12.4. The number of rotatable bonds is 5. The summed E-state index contributed by atoms with van der Waals surface area (Å²) in [4.78, 5) is 12.8. The number of hydrogen-bond donors (Lipinski definition) is 1. The van der Waals surface area contributed by atoms with Crippen LogP contribution in [-0.2, 0) is 0 Å². The number of carbonyl (C=O) groups excluding carboxylic acids is 1. The molecule has 3 rings (SSSR count). The van der Waals surface area contributed by atoms with Crippen molar-refractivity contribution in [3.05, 3.63) is 59.4 Å². The van der Waals surface area contributed by atoms with Crippen LogP contribution in [0.1, 0.15) is 31.3 Å². The molecule has 0 unspecified atom stereocenters. The highest BCUT2D eigenvalue weighted by atomic mass is 35.5. The minimum Gasteiger partial charge on any atom is -0.463 e. The van der Waals surface area contributed by atoms with Crippen LogP contribution in [-0.4, -0.2) is 21.7 Å². The lowest BCUT2D eigenvalue weighted by molar-refractivity contribution is 0.0922. The molecule has 0 spiro atoms. The fourth-order valence-corrected chi connectivity index (χ4v) is 2.44. The Morgan fingerprint density at radius 3 is 2.52 bits per heavy atom. The zero-order chi connectivity index (χ0) is 18.0. The average molecular weight is 358 g/mol. The molecule has 0 saturated heterocycles. The topological polar surface area (TPSA) is 60.1 Å². The fraction of sp³-hybridized carbons (Fsp3) is 0.263. The van der Waals surface area contributed by atoms with Crippen molar-refractivity contribution in [1.29, 1.82) is 0 Å². The lowest BCUT2D eigenvalue weighted by atomic mass is 10.1. The average Bonchev–Trinajstić information content (AvgIpc) is 3.24. The summed E-state index contributed by atoms with van der Waals surface area (Å²) in [5, 5.41) is 8.19. The molecule has 1 atom stereocenters. The van der Waals surface area contributed by atoms with Gasteiger partial charge in [0.1, 0.15) is 11.4 Å². The Labute approximate surface area is 151 Å². The first-order chi connectivity index (χ1) is 12.0. The van der Waals surface area contributed by atoms with Gasteiger partial charge in [0.2, 0.25) is 0 Å². The lowest BCUT2D eigenvalue weighted by Crippen LogP contribution is -2.37. The smallest absolute Gasteiger partial charge is 0.270 e. The van der Waals surface area contributed by atoms with E-state index in [1.165, 1.54) is 0 Å². The summed E-state index contributed by atoms with van der Waals surface area (Å²) in [5.41, 5.74) is 1.80. The number of nitrogens with one attached hydrogen (secondary N) is 1. The molecule has 0 bridgehead atoms. The zero-order valence-electron chi connectivity index (χ0n) is 14.4. The van der Waals surface area contributed by atoms with Gasteiger partial charge >= 0.3 is 0 Å². The maximum absolute atomic E-state index is 12.8. The van der Waals surface area contributed by atoms with E-state index in [9.17, 15) is 4.79 Å². The number of hydrogen-bond acceptors (Lipinski definition) is 3. The number of halogens is 1. The third-order valence-electron chi connectivity index (χ3n) is 4.15. The summed E-state index contributed by atoms with van der Waals surface area (Å²) < 4.78 is 7.02. The second-order valence-corrected chi connectivity index (χ2v) is 6.72. The summed E-state index contributed by atoms with van der Waals surface area (Å²) in [6.45, 7) is 6.12. The van der Waals surface area contributed by atoms with Crippen LogP contribution in [0.5, 0.6) is 0 Å². The van der Waals surface area contributed by atoms with Crippen molar-refractivity contribution in [1.82, 2.24) is 15.1 Å². The summed E-state index contributed by atoms with van der Waals surface area (Å²) >= 11 is 5.97. The number of carbonyl (C=O) groups is 1. The van der Waals surface area contributed by atoms with E-state index in [2.05, 4.69) is 24.3 Å². The summed E-state index contributed by atoms with van der Waals surface area (Å²) in [6, 6.07) is 12.6. The van der Waals surface area contributed by atoms with Gasteiger partial charge < -0.3 is 9.73 Å². The SMILES string of the molecule is CC(C)[C@H](C)NC(=O)c1cc(-c2ccco2)nn1-c1ccc(Cl)cc1. The van der Waals surface area contributed by atoms with Crippen LogP contribution in [0, 0.1) is 5.92 Å². The van der Waals surface area contributed by atoms with Crippen LogP contribution in [0.15, 0.2) is 53.1 Å². The number of aromatic nitrogens is 2. The van der Waals surface area contributed by atoms with Gasteiger partial charge in [0.15, 0.2) is 5.76 Å². The lowest BCUT2D eigenvalue weighted by Gasteiger charge is -2.17. The number of benzene rings is 1. The van der Waals surface area contributed by atoms with Gasteiger partial charge in [0, 0.05) is 17.1 Å².